The molecule has 0 spiro atoms. The van der Waals surface area contributed by atoms with Crippen molar-refractivity contribution in [2.75, 3.05) is 0 Å². The fourth-order valence-corrected chi connectivity index (χ4v) is 1.75. The van der Waals surface area contributed by atoms with Crippen molar-refractivity contribution >= 4 is 17.2 Å². The van der Waals surface area contributed by atoms with E-state index in [9.17, 15) is 4.21 Å². The van der Waals surface area contributed by atoms with Crippen LogP contribution >= 0.6 is 0 Å². The first-order valence-corrected chi connectivity index (χ1v) is 7.37. The molecule has 18 heavy (non-hydrogen) atoms. The molecule has 0 aliphatic heterocycles. The summed E-state index contributed by atoms with van der Waals surface area (Å²) in [6.45, 7) is 11.1. The highest BCUT2D eigenvalue weighted by Gasteiger charge is 2.18. The molecule has 0 radical (unpaired) electrons. The molecule has 1 aromatic rings. The predicted octanol–water partition coefficient (Wildman–Crippen LogP) is 2.81. The standard InChI is InChI=1S/C13H23N3OS/c1-11(2)6-7-16-9-12(14-10-16)8-15-18(17)13(3,4)5/h8-11H,6-7H2,1-5H3/t18-/m0/s1. The van der Waals surface area contributed by atoms with Crippen LogP contribution in [-0.2, 0) is 17.5 Å². The molecule has 1 rings (SSSR count). The molecule has 0 aliphatic carbocycles. The molecule has 0 bridgehead atoms. The maximum atomic E-state index is 11.7. The number of rotatable bonds is 5. The van der Waals surface area contributed by atoms with Gasteiger partial charge in [-0.2, -0.15) is 4.40 Å². The van der Waals surface area contributed by atoms with Gasteiger partial charge in [0.2, 0.25) is 0 Å². The van der Waals surface area contributed by atoms with Gasteiger partial charge in [0.05, 0.1) is 23.0 Å². The summed E-state index contributed by atoms with van der Waals surface area (Å²) in [5.74, 6) is 0.679. The maximum Gasteiger partial charge on any atom is 0.144 e. The van der Waals surface area contributed by atoms with E-state index in [1.165, 1.54) is 0 Å². The van der Waals surface area contributed by atoms with Crippen LogP contribution in [0.4, 0.5) is 0 Å². The number of imidazole rings is 1. The molecule has 0 saturated carbocycles. The zero-order valence-corrected chi connectivity index (χ0v) is 12.7. The third-order valence-electron chi connectivity index (χ3n) is 2.42. The molecule has 0 amide bonds. The summed E-state index contributed by atoms with van der Waals surface area (Å²) >= 11 is 0. The lowest BCUT2D eigenvalue weighted by Crippen LogP contribution is -2.19. The molecular formula is C13H23N3OS. The van der Waals surface area contributed by atoms with E-state index < -0.39 is 11.0 Å². The van der Waals surface area contributed by atoms with Crippen molar-refractivity contribution in [2.45, 2.75) is 52.3 Å². The van der Waals surface area contributed by atoms with Gasteiger partial charge in [-0.25, -0.2) is 9.19 Å². The number of aromatic nitrogens is 2. The molecule has 102 valence electrons. The van der Waals surface area contributed by atoms with Crippen LogP contribution in [0.1, 0.15) is 46.7 Å². The number of nitrogens with zero attached hydrogens (tertiary/aromatic N) is 3. The van der Waals surface area contributed by atoms with Crippen LogP contribution in [0.5, 0.6) is 0 Å². The van der Waals surface area contributed by atoms with Crippen molar-refractivity contribution in [1.29, 1.82) is 0 Å². The van der Waals surface area contributed by atoms with Crippen LogP contribution in [0.25, 0.3) is 0 Å². The zero-order chi connectivity index (χ0) is 13.8. The zero-order valence-electron chi connectivity index (χ0n) is 11.9. The Balaban J connectivity index is 2.59. The van der Waals surface area contributed by atoms with Gasteiger partial charge in [0.15, 0.2) is 0 Å². The van der Waals surface area contributed by atoms with Crippen LogP contribution in [0.15, 0.2) is 16.9 Å². The topological polar surface area (TPSA) is 47.2 Å². The Morgan fingerprint density at radius 1 is 1.50 bits per heavy atom. The van der Waals surface area contributed by atoms with E-state index in [1.807, 2.05) is 31.5 Å². The third kappa shape index (κ3) is 5.12. The monoisotopic (exact) mass is 269 g/mol. The Labute approximate surface area is 112 Å². The van der Waals surface area contributed by atoms with Crippen molar-refractivity contribution in [2.24, 2.45) is 10.3 Å². The van der Waals surface area contributed by atoms with Gasteiger partial charge in [0.25, 0.3) is 0 Å². The summed E-state index contributed by atoms with van der Waals surface area (Å²) in [4.78, 5) is 4.23. The summed E-state index contributed by atoms with van der Waals surface area (Å²) in [7, 11) is -1.22. The molecular weight excluding hydrogens is 246 g/mol. The molecule has 0 saturated heterocycles. The molecule has 0 N–H and O–H groups in total. The van der Waals surface area contributed by atoms with E-state index in [4.69, 9.17) is 0 Å². The fourth-order valence-electron chi connectivity index (χ4n) is 1.23. The molecule has 0 unspecified atom stereocenters. The van der Waals surface area contributed by atoms with Gasteiger partial charge in [-0.15, -0.1) is 0 Å². The second-order valence-corrected chi connectivity index (χ2v) is 7.75. The number of hydrogen-bond donors (Lipinski definition) is 0. The lowest BCUT2D eigenvalue weighted by molar-refractivity contribution is 0.516. The summed E-state index contributed by atoms with van der Waals surface area (Å²) in [5.41, 5.74) is 0.761. The Morgan fingerprint density at radius 2 is 2.17 bits per heavy atom. The highest BCUT2D eigenvalue weighted by molar-refractivity contribution is 7.85. The number of aryl methyl sites for hydroxylation is 1. The minimum atomic E-state index is -1.22. The summed E-state index contributed by atoms with van der Waals surface area (Å²) < 4.78 is 17.5. The first-order chi connectivity index (χ1) is 8.29. The lowest BCUT2D eigenvalue weighted by Gasteiger charge is -2.12. The molecule has 0 aliphatic rings. The van der Waals surface area contributed by atoms with Gasteiger partial charge in [-0.1, -0.05) is 13.8 Å². The van der Waals surface area contributed by atoms with Crippen molar-refractivity contribution in [3.05, 3.63) is 18.2 Å². The van der Waals surface area contributed by atoms with Gasteiger partial charge in [0, 0.05) is 12.7 Å². The first-order valence-electron chi connectivity index (χ1n) is 6.27. The second kappa shape index (κ2) is 6.27. The minimum absolute atomic E-state index is 0.323. The SMILES string of the molecule is CC(C)CCn1cnc(C=N[S@@](=O)C(C)(C)C)c1. The fraction of sp³-hybridized carbons (Fsp3) is 0.692. The molecule has 1 atom stereocenters. The molecule has 0 aromatic carbocycles. The highest BCUT2D eigenvalue weighted by atomic mass is 32.2. The quantitative estimate of drug-likeness (QED) is 0.772. The van der Waals surface area contributed by atoms with Crippen molar-refractivity contribution in [3.63, 3.8) is 0 Å². The Hall–Kier alpha value is -0.970. The van der Waals surface area contributed by atoms with Gasteiger partial charge >= 0.3 is 0 Å². The third-order valence-corrected chi connectivity index (χ3v) is 3.77. The van der Waals surface area contributed by atoms with Crippen LogP contribution in [-0.4, -0.2) is 24.7 Å². The van der Waals surface area contributed by atoms with Crippen LogP contribution in [0, 0.1) is 5.92 Å². The summed E-state index contributed by atoms with van der Waals surface area (Å²) in [6, 6.07) is 0. The van der Waals surface area contributed by atoms with Crippen molar-refractivity contribution in [3.8, 4) is 0 Å². The second-order valence-electron chi connectivity index (χ2n) is 5.81. The minimum Gasteiger partial charge on any atom is -0.337 e. The van der Waals surface area contributed by atoms with E-state index in [-0.39, 0.29) is 4.75 Å². The Kier molecular flexibility index (Phi) is 5.26. The van der Waals surface area contributed by atoms with Crippen molar-refractivity contribution in [1.82, 2.24) is 9.55 Å². The lowest BCUT2D eigenvalue weighted by atomic mass is 10.1. The molecule has 4 nitrogen and oxygen atoms in total. The van der Waals surface area contributed by atoms with Gasteiger partial charge in [0.1, 0.15) is 11.0 Å². The Bertz CT molecular complexity index is 430. The average Bonchev–Trinajstić information content (AvgIpc) is 2.69. The van der Waals surface area contributed by atoms with E-state index in [0.717, 1.165) is 18.7 Å². The molecule has 1 heterocycles. The first kappa shape index (κ1) is 15.1. The Morgan fingerprint density at radius 3 is 2.72 bits per heavy atom. The molecule has 1 aromatic heterocycles. The normalized spacial score (nSPS) is 14.6. The molecule has 0 fully saturated rings. The largest absolute Gasteiger partial charge is 0.337 e. The maximum absolute atomic E-state index is 11.7. The van der Waals surface area contributed by atoms with Crippen LogP contribution in [0.3, 0.4) is 0 Å². The smallest absolute Gasteiger partial charge is 0.144 e. The highest BCUT2D eigenvalue weighted by Crippen LogP contribution is 2.12. The predicted molar refractivity (Wildman–Crippen MR) is 77.2 cm³/mol. The van der Waals surface area contributed by atoms with Crippen LogP contribution in [0.2, 0.25) is 0 Å². The van der Waals surface area contributed by atoms with E-state index in [2.05, 4.69) is 23.2 Å². The van der Waals surface area contributed by atoms with Crippen LogP contribution < -0.4 is 0 Å². The summed E-state index contributed by atoms with van der Waals surface area (Å²) in [5, 5.41) is 0. The van der Waals surface area contributed by atoms with Gasteiger partial charge in [-0.05, 0) is 33.1 Å². The summed E-state index contributed by atoms with van der Waals surface area (Å²) in [6.07, 6.45) is 6.45. The molecule has 5 heteroatoms. The van der Waals surface area contributed by atoms with Gasteiger partial charge < -0.3 is 4.57 Å². The van der Waals surface area contributed by atoms with E-state index in [0.29, 0.717) is 5.92 Å². The van der Waals surface area contributed by atoms with E-state index in [1.54, 1.807) is 12.5 Å². The van der Waals surface area contributed by atoms with Crippen molar-refractivity contribution < 1.29 is 4.21 Å². The van der Waals surface area contributed by atoms with E-state index >= 15 is 0 Å². The average molecular weight is 269 g/mol. The van der Waals surface area contributed by atoms with Gasteiger partial charge in [-0.3, -0.25) is 0 Å². The number of hydrogen-bond acceptors (Lipinski definition) is 2.